The highest BCUT2D eigenvalue weighted by molar-refractivity contribution is 6.31. The number of benzene rings is 2. The molecule has 11 nitrogen and oxygen atoms in total. The van der Waals surface area contributed by atoms with Crippen LogP contribution >= 0.6 is 11.6 Å². The Kier molecular flexibility index (Phi) is 13.3. The summed E-state index contributed by atoms with van der Waals surface area (Å²) in [5, 5.41) is 6.67. The third kappa shape index (κ3) is 12.8. The van der Waals surface area contributed by atoms with Crippen molar-refractivity contribution in [2.45, 2.75) is 64.3 Å². The monoisotopic (exact) mass is 693 g/mol. The molecule has 5 N–H and O–H groups in total. The third-order valence-corrected chi connectivity index (χ3v) is 7.19. The molecule has 3 rings (SSSR count). The molecule has 0 saturated heterocycles. The first-order valence-corrected chi connectivity index (χ1v) is 15.3. The number of imide groups is 1. The number of carbonyl (C=O) groups excluding carboxylic acids is 3. The molecule has 3 aromatic rings. The molecular weight excluding hydrogens is 655 g/mol. The van der Waals surface area contributed by atoms with Gasteiger partial charge in [0.1, 0.15) is 17.2 Å². The van der Waals surface area contributed by atoms with Gasteiger partial charge in [-0.2, -0.15) is 13.2 Å². The average Bonchev–Trinajstić information content (AvgIpc) is 3.00. The standard InChI is InChI=1S/C33H39ClF3N5O6/c1-31(2,46-17-18-47-32(3,4)14-15-38)13-11-28(43)42-29(44)27-20-24(12-16-39-27)48-23-8-5-21(6-9-23)40-30(45)41-22-7-10-26(34)25(19-22)33(35,36)37/h5-10,12,16,19-20H,11,13-15,17-18,38H2,1-4H3,(H2,40,41,45)(H,42,43,44). The summed E-state index contributed by atoms with van der Waals surface area (Å²) in [6.07, 6.45) is -2.20. The zero-order chi connectivity index (χ0) is 35.5. The van der Waals surface area contributed by atoms with Crippen LogP contribution in [0, 0.1) is 0 Å². The summed E-state index contributed by atoms with van der Waals surface area (Å²) < 4.78 is 56.7. The number of hydrogen-bond donors (Lipinski definition) is 4. The average molecular weight is 694 g/mol. The number of alkyl halides is 3. The van der Waals surface area contributed by atoms with Crippen LogP contribution in [0.25, 0.3) is 0 Å². The lowest BCUT2D eigenvalue weighted by Gasteiger charge is -2.28. The van der Waals surface area contributed by atoms with Crippen LogP contribution in [0.15, 0.2) is 60.8 Å². The number of amides is 4. The smallest absolute Gasteiger partial charge is 0.417 e. The van der Waals surface area contributed by atoms with Crippen molar-refractivity contribution < 1.29 is 41.8 Å². The first-order chi connectivity index (χ1) is 22.5. The van der Waals surface area contributed by atoms with Gasteiger partial charge in [0, 0.05) is 30.1 Å². The van der Waals surface area contributed by atoms with E-state index in [0.717, 1.165) is 18.6 Å². The van der Waals surface area contributed by atoms with E-state index in [1.165, 1.54) is 48.7 Å². The molecule has 0 bridgehead atoms. The molecule has 48 heavy (non-hydrogen) atoms. The minimum atomic E-state index is -4.68. The van der Waals surface area contributed by atoms with Gasteiger partial charge in [0.25, 0.3) is 5.91 Å². The number of rotatable bonds is 15. The molecule has 0 aliphatic carbocycles. The number of ether oxygens (including phenoxy) is 3. The van der Waals surface area contributed by atoms with E-state index in [1.807, 2.05) is 27.7 Å². The van der Waals surface area contributed by atoms with Gasteiger partial charge in [0.05, 0.1) is 35.0 Å². The number of halogens is 4. The number of aromatic nitrogens is 1. The topological polar surface area (TPSA) is 154 Å². The van der Waals surface area contributed by atoms with Crippen LogP contribution in [-0.4, -0.2) is 53.8 Å². The van der Waals surface area contributed by atoms with Crippen LogP contribution in [0.3, 0.4) is 0 Å². The van der Waals surface area contributed by atoms with E-state index < -0.39 is 40.2 Å². The molecule has 4 amide bonds. The Balaban J connectivity index is 1.47. The number of nitrogens with one attached hydrogen (secondary N) is 3. The summed E-state index contributed by atoms with van der Waals surface area (Å²) in [7, 11) is 0. The second kappa shape index (κ2) is 16.7. The van der Waals surface area contributed by atoms with Crippen molar-refractivity contribution in [1.82, 2.24) is 10.3 Å². The van der Waals surface area contributed by atoms with Crippen molar-refractivity contribution in [2.75, 3.05) is 30.4 Å². The van der Waals surface area contributed by atoms with Gasteiger partial charge in [0.2, 0.25) is 5.91 Å². The van der Waals surface area contributed by atoms with Gasteiger partial charge in [-0.3, -0.25) is 19.9 Å². The second-order valence-electron chi connectivity index (χ2n) is 11.9. The largest absolute Gasteiger partial charge is 0.457 e. The van der Waals surface area contributed by atoms with Crippen LogP contribution < -0.4 is 26.4 Å². The highest BCUT2D eigenvalue weighted by atomic mass is 35.5. The summed E-state index contributed by atoms with van der Waals surface area (Å²) in [6.45, 7) is 8.86. The van der Waals surface area contributed by atoms with E-state index >= 15 is 0 Å². The Morgan fingerprint density at radius 2 is 1.44 bits per heavy atom. The number of hydrogen-bond acceptors (Lipinski definition) is 8. The van der Waals surface area contributed by atoms with Crippen LogP contribution in [0.4, 0.5) is 29.3 Å². The predicted octanol–water partition coefficient (Wildman–Crippen LogP) is 7.17. The summed E-state index contributed by atoms with van der Waals surface area (Å²) in [4.78, 5) is 41.5. The third-order valence-electron chi connectivity index (χ3n) is 6.86. The van der Waals surface area contributed by atoms with Crippen molar-refractivity contribution in [3.63, 3.8) is 0 Å². The van der Waals surface area contributed by atoms with Crippen LogP contribution in [0.1, 0.15) is 63.0 Å². The van der Waals surface area contributed by atoms with Gasteiger partial charge in [0.15, 0.2) is 0 Å². The molecule has 0 aliphatic heterocycles. The van der Waals surface area contributed by atoms with Crippen molar-refractivity contribution >= 4 is 40.8 Å². The molecule has 0 aliphatic rings. The maximum Gasteiger partial charge on any atom is 0.417 e. The van der Waals surface area contributed by atoms with Gasteiger partial charge in [-0.1, -0.05) is 11.6 Å². The molecule has 260 valence electrons. The Morgan fingerprint density at radius 3 is 2.06 bits per heavy atom. The lowest BCUT2D eigenvalue weighted by atomic mass is 10.0. The fourth-order valence-electron chi connectivity index (χ4n) is 4.25. The Morgan fingerprint density at radius 1 is 0.833 bits per heavy atom. The Labute approximate surface area is 281 Å². The van der Waals surface area contributed by atoms with Crippen molar-refractivity contribution in [3.05, 3.63) is 77.1 Å². The SMILES string of the molecule is CC(C)(CCN)OCCOC(C)(C)CCC(=O)NC(=O)c1cc(Oc2ccc(NC(=O)Nc3ccc(Cl)c(C(F)(F)F)c3)cc2)ccn1. The quantitative estimate of drug-likeness (QED) is 0.122. The normalized spacial score (nSPS) is 11.9. The Hall–Kier alpha value is -4.24. The first-order valence-electron chi connectivity index (χ1n) is 15.0. The summed E-state index contributed by atoms with van der Waals surface area (Å²) in [6, 6.07) is 11.2. The van der Waals surface area contributed by atoms with Gasteiger partial charge in [-0.05, 0) is 95.6 Å². The number of urea groups is 1. The summed E-state index contributed by atoms with van der Waals surface area (Å²) >= 11 is 5.61. The highest BCUT2D eigenvalue weighted by Crippen LogP contribution is 2.36. The minimum absolute atomic E-state index is 0.0422. The number of nitrogens with two attached hydrogens (primary N) is 1. The Bertz CT molecular complexity index is 1570. The fourth-order valence-corrected chi connectivity index (χ4v) is 4.48. The minimum Gasteiger partial charge on any atom is -0.457 e. The zero-order valence-electron chi connectivity index (χ0n) is 27.0. The number of pyridine rings is 1. The van der Waals surface area contributed by atoms with Gasteiger partial charge in [-0.15, -0.1) is 0 Å². The van der Waals surface area contributed by atoms with Gasteiger partial charge >= 0.3 is 12.2 Å². The van der Waals surface area contributed by atoms with Crippen molar-refractivity contribution in [2.24, 2.45) is 5.73 Å². The molecule has 0 atom stereocenters. The van der Waals surface area contributed by atoms with Gasteiger partial charge < -0.3 is 30.6 Å². The molecule has 0 fully saturated rings. The molecule has 0 radical (unpaired) electrons. The zero-order valence-corrected chi connectivity index (χ0v) is 27.8. The summed E-state index contributed by atoms with van der Waals surface area (Å²) in [5.74, 6) is -0.587. The number of anilines is 2. The van der Waals surface area contributed by atoms with E-state index in [4.69, 9.17) is 31.5 Å². The number of nitrogens with zero attached hydrogens (tertiary/aromatic N) is 1. The molecule has 15 heteroatoms. The van der Waals surface area contributed by atoms with E-state index in [-0.39, 0.29) is 29.2 Å². The van der Waals surface area contributed by atoms with Crippen LogP contribution in [-0.2, 0) is 20.4 Å². The maximum absolute atomic E-state index is 13.1. The summed E-state index contributed by atoms with van der Waals surface area (Å²) in [5.41, 5.74) is 3.74. The predicted molar refractivity (Wildman–Crippen MR) is 175 cm³/mol. The van der Waals surface area contributed by atoms with E-state index in [2.05, 4.69) is 20.9 Å². The van der Waals surface area contributed by atoms with E-state index in [1.54, 1.807) is 0 Å². The number of carbonyl (C=O) groups is 3. The van der Waals surface area contributed by atoms with Crippen molar-refractivity contribution in [3.8, 4) is 11.5 Å². The highest BCUT2D eigenvalue weighted by Gasteiger charge is 2.33. The molecule has 1 heterocycles. The first kappa shape index (κ1) is 38.2. The lowest BCUT2D eigenvalue weighted by molar-refractivity contribution is -0.137. The van der Waals surface area contributed by atoms with E-state index in [0.29, 0.717) is 37.6 Å². The molecule has 0 unspecified atom stereocenters. The van der Waals surface area contributed by atoms with Crippen LogP contribution in [0.5, 0.6) is 11.5 Å². The maximum atomic E-state index is 13.1. The molecule has 1 aromatic heterocycles. The second-order valence-corrected chi connectivity index (χ2v) is 12.3. The lowest BCUT2D eigenvalue weighted by Crippen LogP contribution is -2.34. The molecule has 0 spiro atoms. The fraction of sp³-hybridized carbons (Fsp3) is 0.394. The van der Waals surface area contributed by atoms with Crippen LogP contribution in [0.2, 0.25) is 5.02 Å². The van der Waals surface area contributed by atoms with E-state index in [9.17, 15) is 27.6 Å². The molecule has 0 saturated carbocycles. The molecule has 2 aromatic carbocycles. The molecular formula is C33H39ClF3N5O6. The van der Waals surface area contributed by atoms with Crippen molar-refractivity contribution in [1.29, 1.82) is 0 Å². The van der Waals surface area contributed by atoms with Gasteiger partial charge in [-0.25, -0.2) is 4.79 Å².